The molecule has 7 heteroatoms. The molecule has 5 rings (SSSR count). The number of benzene rings is 2. The van der Waals surface area contributed by atoms with E-state index in [2.05, 4.69) is 38.7 Å². The third kappa shape index (κ3) is 4.49. The summed E-state index contributed by atoms with van der Waals surface area (Å²) in [5, 5.41) is 7.84. The standard InChI is InChI=1S/C24H28N6S/c25-24(27-13-11-22(29-24)26-12-6-16-30-14-3-4-15-30)19-8-5-7-18(17-19)23-28-20-9-1-2-10-21(20)31-23/h1-2,5,7-11,13,17,26,29H,3-4,6,12,14-16,25H2. The molecule has 0 amide bonds. The molecule has 31 heavy (non-hydrogen) atoms. The van der Waals surface area contributed by atoms with Crippen LogP contribution in [0.5, 0.6) is 0 Å². The largest absolute Gasteiger partial charge is 0.372 e. The number of fused-ring (bicyclic) bond motifs is 1. The number of rotatable bonds is 7. The number of nitrogens with one attached hydrogen (secondary N) is 2. The molecule has 0 bridgehead atoms. The quantitative estimate of drug-likeness (QED) is 0.497. The van der Waals surface area contributed by atoms with E-state index >= 15 is 0 Å². The summed E-state index contributed by atoms with van der Waals surface area (Å²) in [7, 11) is 0. The summed E-state index contributed by atoms with van der Waals surface area (Å²) in [5.41, 5.74) is 9.66. The number of nitrogens with zero attached hydrogens (tertiary/aromatic N) is 3. The first-order valence-electron chi connectivity index (χ1n) is 10.9. The van der Waals surface area contributed by atoms with E-state index in [1.54, 1.807) is 17.6 Å². The molecule has 0 saturated carbocycles. The van der Waals surface area contributed by atoms with Gasteiger partial charge in [0.05, 0.1) is 10.2 Å². The summed E-state index contributed by atoms with van der Waals surface area (Å²) in [6, 6.07) is 16.4. The molecule has 3 heterocycles. The van der Waals surface area contributed by atoms with Crippen molar-refractivity contribution in [3.05, 3.63) is 66.0 Å². The second-order valence-electron chi connectivity index (χ2n) is 8.15. The van der Waals surface area contributed by atoms with E-state index < -0.39 is 5.79 Å². The van der Waals surface area contributed by atoms with Crippen molar-refractivity contribution in [2.24, 2.45) is 10.7 Å². The van der Waals surface area contributed by atoms with Gasteiger partial charge in [-0.05, 0) is 63.2 Å². The average Bonchev–Trinajstić information content (AvgIpc) is 3.47. The predicted molar refractivity (Wildman–Crippen MR) is 129 cm³/mol. The van der Waals surface area contributed by atoms with Crippen LogP contribution in [0.25, 0.3) is 20.8 Å². The topological polar surface area (TPSA) is 78.6 Å². The van der Waals surface area contributed by atoms with Gasteiger partial charge in [0.25, 0.3) is 0 Å². The summed E-state index contributed by atoms with van der Waals surface area (Å²) < 4.78 is 1.18. The van der Waals surface area contributed by atoms with Gasteiger partial charge in [-0.15, -0.1) is 11.3 Å². The minimum atomic E-state index is -1.00. The number of aromatic nitrogens is 1. The van der Waals surface area contributed by atoms with Gasteiger partial charge in [0, 0.05) is 23.9 Å². The molecule has 0 aliphatic carbocycles. The second kappa shape index (κ2) is 8.78. The zero-order chi connectivity index (χ0) is 21.1. The summed E-state index contributed by atoms with van der Waals surface area (Å²) in [6.45, 7) is 4.53. The minimum Gasteiger partial charge on any atom is -0.372 e. The maximum Gasteiger partial charge on any atom is 0.210 e. The number of hydrogen-bond acceptors (Lipinski definition) is 7. The molecule has 1 unspecified atom stereocenters. The summed E-state index contributed by atoms with van der Waals surface area (Å²) in [6.07, 6.45) is 7.51. The molecular formula is C24H28N6S. The molecule has 1 aromatic heterocycles. The van der Waals surface area contributed by atoms with Gasteiger partial charge < -0.3 is 15.5 Å². The van der Waals surface area contributed by atoms with Gasteiger partial charge >= 0.3 is 0 Å². The lowest BCUT2D eigenvalue weighted by Crippen LogP contribution is -2.52. The number of aliphatic imine (C=N–C) groups is 1. The lowest BCUT2D eigenvalue weighted by molar-refractivity contribution is 0.329. The van der Waals surface area contributed by atoms with Crippen molar-refractivity contribution in [2.75, 3.05) is 26.2 Å². The zero-order valence-electron chi connectivity index (χ0n) is 17.6. The number of hydrogen-bond donors (Lipinski definition) is 3. The van der Waals surface area contributed by atoms with Crippen molar-refractivity contribution in [3.8, 4) is 10.6 Å². The van der Waals surface area contributed by atoms with E-state index in [1.807, 2.05) is 36.4 Å². The Balaban J connectivity index is 1.26. The van der Waals surface area contributed by atoms with Gasteiger partial charge in [0.2, 0.25) is 5.79 Å². The highest BCUT2D eigenvalue weighted by atomic mass is 32.1. The van der Waals surface area contributed by atoms with Crippen molar-refractivity contribution in [1.82, 2.24) is 20.5 Å². The number of allylic oxidation sites excluding steroid dienone is 1. The normalized spacial score (nSPS) is 21.3. The SMILES string of the molecule is NC1(c2cccc(-c3nc4ccccc4s3)c2)N=CC=C(NCCCN2CCCC2)N1. The smallest absolute Gasteiger partial charge is 0.210 e. The van der Waals surface area contributed by atoms with Crippen molar-refractivity contribution < 1.29 is 0 Å². The minimum absolute atomic E-state index is 0.907. The summed E-state index contributed by atoms with van der Waals surface area (Å²) in [5.74, 6) is -0.0945. The summed E-state index contributed by atoms with van der Waals surface area (Å²) >= 11 is 1.69. The van der Waals surface area contributed by atoms with Gasteiger partial charge in [-0.25, -0.2) is 9.98 Å². The molecule has 160 valence electrons. The van der Waals surface area contributed by atoms with Crippen molar-refractivity contribution >= 4 is 27.8 Å². The molecule has 0 radical (unpaired) electrons. The van der Waals surface area contributed by atoms with Crippen molar-refractivity contribution in [3.63, 3.8) is 0 Å². The first kappa shape index (κ1) is 20.2. The number of para-hydroxylation sites is 1. The van der Waals surface area contributed by atoms with Gasteiger partial charge in [-0.2, -0.15) is 0 Å². The Morgan fingerprint density at radius 3 is 2.87 bits per heavy atom. The first-order chi connectivity index (χ1) is 15.2. The van der Waals surface area contributed by atoms with Gasteiger partial charge in [0.1, 0.15) is 10.8 Å². The van der Waals surface area contributed by atoms with Crippen molar-refractivity contribution in [1.29, 1.82) is 0 Å². The molecule has 1 saturated heterocycles. The Morgan fingerprint density at radius 1 is 1.13 bits per heavy atom. The van der Waals surface area contributed by atoms with Gasteiger partial charge in [-0.3, -0.25) is 5.73 Å². The van der Waals surface area contributed by atoms with Gasteiger partial charge in [-0.1, -0.05) is 30.3 Å². The lowest BCUT2D eigenvalue weighted by atomic mass is 10.0. The second-order valence-corrected chi connectivity index (χ2v) is 9.18. The summed E-state index contributed by atoms with van der Waals surface area (Å²) in [4.78, 5) is 11.9. The van der Waals surface area contributed by atoms with Crippen LogP contribution in [0.1, 0.15) is 24.8 Å². The fourth-order valence-electron chi connectivity index (χ4n) is 4.18. The molecule has 2 aromatic carbocycles. The lowest BCUT2D eigenvalue weighted by Gasteiger charge is -2.32. The van der Waals surface area contributed by atoms with Crippen LogP contribution in [0, 0.1) is 0 Å². The van der Waals surface area contributed by atoms with Crippen LogP contribution in [0.4, 0.5) is 0 Å². The first-order valence-corrected chi connectivity index (χ1v) is 11.8. The predicted octanol–water partition coefficient (Wildman–Crippen LogP) is 3.62. The maximum absolute atomic E-state index is 6.68. The molecule has 3 aromatic rings. The Labute approximate surface area is 186 Å². The van der Waals surface area contributed by atoms with Crippen LogP contribution in [0.15, 0.2) is 65.4 Å². The van der Waals surface area contributed by atoms with Crippen LogP contribution < -0.4 is 16.4 Å². The molecule has 1 atom stereocenters. The van der Waals surface area contributed by atoms with E-state index in [-0.39, 0.29) is 0 Å². The highest BCUT2D eigenvalue weighted by Gasteiger charge is 2.29. The van der Waals surface area contributed by atoms with E-state index in [9.17, 15) is 0 Å². The van der Waals surface area contributed by atoms with E-state index in [1.165, 1.54) is 30.6 Å². The van der Waals surface area contributed by atoms with Gasteiger partial charge in [0.15, 0.2) is 0 Å². The van der Waals surface area contributed by atoms with Crippen LogP contribution in [0.2, 0.25) is 0 Å². The van der Waals surface area contributed by atoms with E-state index in [4.69, 9.17) is 10.7 Å². The average molecular weight is 433 g/mol. The van der Waals surface area contributed by atoms with E-state index in [0.29, 0.717) is 0 Å². The molecule has 0 spiro atoms. The molecule has 4 N–H and O–H groups in total. The highest BCUT2D eigenvalue weighted by molar-refractivity contribution is 7.21. The Bertz CT molecular complexity index is 1080. The third-order valence-electron chi connectivity index (χ3n) is 5.85. The Hall–Kier alpha value is -2.74. The Morgan fingerprint density at radius 2 is 2.00 bits per heavy atom. The maximum atomic E-state index is 6.68. The van der Waals surface area contributed by atoms with Crippen LogP contribution in [-0.4, -0.2) is 42.3 Å². The number of likely N-dealkylation sites (tertiary alicyclic amines) is 1. The van der Waals surface area contributed by atoms with E-state index in [0.717, 1.165) is 47.0 Å². The molecular weight excluding hydrogens is 404 g/mol. The fourth-order valence-corrected chi connectivity index (χ4v) is 5.14. The molecule has 2 aliphatic rings. The highest BCUT2D eigenvalue weighted by Crippen LogP contribution is 2.32. The van der Waals surface area contributed by atoms with Crippen LogP contribution in [-0.2, 0) is 5.79 Å². The van der Waals surface area contributed by atoms with Crippen LogP contribution in [0.3, 0.4) is 0 Å². The fraction of sp³-hybridized carbons (Fsp3) is 0.333. The molecule has 6 nitrogen and oxygen atoms in total. The number of thiazole rings is 1. The molecule has 2 aliphatic heterocycles. The number of nitrogens with two attached hydrogens (primary N) is 1. The Kier molecular flexibility index (Phi) is 5.72. The van der Waals surface area contributed by atoms with Crippen LogP contribution >= 0.6 is 11.3 Å². The monoisotopic (exact) mass is 432 g/mol. The zero-order valence-corrected chi connectivity index (χ0v) is 18.4. The van der Waals surface area contributed by atoms with Crippen molar-refractivity contribution in [2.45, 2.75) is 25.0 Å². The molecule has 1 fully saturated rings. The third-order valence-corrected chi connectivity index (χ3v) is 6.94.